The number of sulfonamides is 1. The number of aliphatic hydroxyl groups is 6. The Morgan fingerprint density at radius 3 is 1.20 bits per heavy atom. The lowest BCUT2D eigenvalue weighted by Crippen LogP contribution is -2.75. The van der Waals surface area contributed by atoms with Gasteiger partial charge in [0.25, 0.3) is 21.8 Å². The van der Waals surface area contributed by atoms with Crippen LogP contribution in [0.15, 0.2) is 0 Å². The Bertz CT molecular complexity index is 1950. The predicted molar refractivity (Wildman–Crippen MR) is 203 cm³/mol. The minimum absolute atomic E-state index is 0.191. The molecular weight excluding hydrogens is 1300 g/mol. The molecule has 1 rings (SSSR count). The second-order valence-electron chi connectivity index (χ2n) is 12.5. The lowest BCUT2D eigenvalue weighted by atomic mass is 9.91. The van der Waals surface area contributed by atoms with Gasteiger partial charge in [-0.1, -0.05) is 0 Å². The molecule has 36 heteroatoms. The van der Waals surface area contributed by atoms with Crippen molar-refractivity contribution in [2.24, 2.45) is 0 Å². The van der Waals surface area contributed by atoms with Gasteiger partial charge in [-0.15, -0.1) is 0 Å². The van der Waals surface area contributed by atoms with Crippen molar-refractivity contribution in [3.63, 3.8) is 0 Å². The van der Waals surface area contributed by atoms with Crippen LogP contribution in [-0.4, -0.2) is 168 Å². The van der Waals surface area contributed by atoms with Crippen LogP contribution in [0.2, 0.25) is 0 Å². The maximum Gasteiger partial charge on any atom is 0.460 e. The summed E-state index contributed by atoms with van der Waals surface area (Å²) < 4.78 is 257. The van der Waals surface area contributed by atoms with E-state index in [2.05, 4.69) is 0 Å². The highest BCUT2D eigenvalue weighted by Gasteiger charge is 2.96. The van der Waals surface area contributed by atoms with Gasteiger partial charge in [0.15, 0.2) is 0 Å². The van der Waals surface area contributed by atoms with Crippen LogP contribution in [0, 0.1) is 10.7 Å². The van der Waals surface area contributed by atoms with Crippen LogP contribution >= 0.6 is 67.8 Å². The molecule has 0 bridgehead atoms. The molecule has 4 atom stereocenters. The van der Waals surface area contributed by atoms with Crippen LogP contribution in [0.25, 0.3) is 0 Å². The van der Waals surface area contributed by atoms with E-state index in [0.29, 0.717) is 0 Å². The second kappa shape index (κ2) is 20.9. The number of halogens is 20. The third-order valence-corrected chi connectivity index (χ3v) is 13.0. The SMILES string of the molecule is CCN(C(=O)CNS(=O)(=O)C(F)(F)C(F)(F)C(F)(F)C(F)(F)C(F)(F)C(F)(F)C(F)(F)C(F)(F)F)c1c(I)c(C(=O)NC(CO)C(O)CO)c(I)c(C(=O)NC(CO)C(O)CO)c1I. The molecule has 1 aromatic rings. The van der Waals surface area contributed by atoms with E-state index in [1.807, 2.05) is 10.6 Å². The van der Waals surface area contributed by atoms with Crippen molar-refractivity contribution < 1.29 is 128 Å². The van der Waals surface area contributed by atoms with Crippen molar-refractivity contribution in [1.82, 2.24) is 15.4 Å². The molecular formula is C28H28F17I3N4O11S. The molecule has 3 amide bonds. The van der Waals surface area contributed by atoms with Crippen molar-refractivity contribution in [3.8, 4) is 0 Å². The molecule has 0 fully saturated rings. The number of benzene rings is 1. The standard InChI is InChI=1S/C28H28F17I3N4O11S/c1-2-52(18-16(47)13(19(60)50-8(4-53)10(57)6-55)15(46)14(17(18)48)20(61)51-9(5-54)11(58)7-56)12(59)3-49-64(62,63)28(44,45)26(39,40)24(35,36)22(31,32)21(29,30)23(33,34)25(37,38)27(41,42)43/h8-11,49,53-58H,2-7H2,1H3,(H,50,60)(H,51,61). The Labute approximate surface area is 386 Å². The molecule has 15 nitrogen and oxygen atoms in total. The first-order valence-corrected chi connectivity index (χ1v) is 20.9. The maximum atomic E-state index is 14.8. The lowest BCUT2D eigenvalue weighted by Gasteiger charge is -2.42. The van der Waals surface area contributed by atoms with Gasteiger partial charge in [0.2, 0.25) is 5.91 Å². The van der Waals surface area contributed by atoms with Crippen molar-refractivity contribution in [1.29, 1.82) is 0 Å². The summed E-state index contributed by atoms with van der Waals surface area (Å²) in [5, 5.41) is 53.7. The number of rotatable bonds is 22. The fourth-order valence-electron chi connectivity index (χ4n) is 4.67. The van der Waals surface area contributed by atoms with Gasteiger partial charge < -0.3 is 46.2 Å². The number of likely N-dealkylation sites (N-methyl/N-ethyl adjacent to an activating group) is 1. The van der Waals surface area contributed by atoms with Crippen molar-refractivity contribution in [3.05, 3.63) is 21.8 Å². The number of anilines is 1. The Balaban J connectivity index is 3.97. The lowest BCUT2D eigenvalue weighted by molar-refractivity contribution is -0.458. The van der Waals surface area contributed by atoms with Crippen LogP contribution in [0.1, 0.15) is 27.6 Å². The zero-order valence-corrected chi connectivity index (χ0v) is 38.0. The fourth-order valence-corrected chi connectivity index (χ4v) is 10.4. The van der Waals surface area contributed by atoms with Gasteiger partial charge in [-0.3, -0.25) is 14.4 Å². The number of nitrogens with zero attached hydrogens (tertiary/aromatic N) is 1. The second-order valence-corrected chi connectivity index (χ2v) is 17.5. The minimum Gasteiger partial charge on any atom is -0.394 e. The van der Waals surface area contributed by atoms with Gasteiger partial charge in [0.1, 0.15) is 0 Å². The molecule has 0 aliphatic rings. The molecule has 0 aliphatic carbocycles. The van der Waals surface area contributed by atoms with E-state index in [-0.39, 0.29) is 9.62 Å². The number of carbonyl (C=O) groups is 3. The number of nitrogens with one attached hydrogen (secondary N) is 3. The van der Waals surface area contributed by atoms with Crippen molar-refractivity contribution in [2.45, 2.75) is 78.2 Å². The zero-order chi connectivity index (χ0) is 50.9. The summed E-state index contributed by atoms with van der Waals surface area (Å²) in [5.41, 5.74) is -2.27. The van der Waals surface area contributed by atoms with Crippen LogP contribution in [-0.2, 0) is 14.8 Å². The van der Waals surface area contributed by atoms with E-state index >= 15 is 0 Å². The number of carbonyl (C=O) groups excluding carboxylic acids is 3. The highest BCUT2D eigenvalue weighted by molar-refractivity contribution is 14.1. The molecule has 0 heterocycles. The van der Waals surface area contributed by atoms with E-state index in [9.17, 15) is 128 Å². The number of alkyl halides is 17. The normalized spacial score (nSPS) is 15.9. The number of amides is 3. The molecule has 0 radical (unpaired) electrons. The summed E-state index contributed by atoms with van der Waals surface area (Å²) in [6.45, 7) is -6.79. The van der Waals surface area contributed by atoms with Gasteiger partial charge in [0, 0.05) is 10.1 Å². The monoisotopic (exact) mass is 1330 g/mol. The van der Waals surface area contributed by atoms with Gasteiger partial charge in [-0.05, 0) is 74.7 Å². The molecule has 0 spiro atoms. The summed E-state index contributed by atoms with van der Waals surface area (Å²) in [5.74, 6) is -58.0. The molecule has 372 valence electrons. The Hall–Kier alpha value is -1.70. The minimum atomic E-state index is -9.11. The third-order valence-electron chi connectivity index (χ3n) is 8.41. The predicted octanol–water partition coefficient (Wildman–Crippen LogP) is 2.63. The zero-order valence-electron chi connectivity index (χ0n) is 30.7. The van der Waals surface area contributed by atoms with Gasteiger partial charge >= 0.3 is 47.0 Å². The van der Waals surface area contributed by atoms with E-state index in [1.165, 1.54) is 67.8 Å². The van der Waals surface area contributed by atoms with E-state index in [4.69, 9.17) is 0 Å². The molecule has 0 saturated heterocycles. The molecule has 9 N–H and O–H groups in total. The average molecular weight is 1330 g/mol. The van der Waals surface area contributed by atoms with Crippen LogP contribution < -0.4 is 20.3 Å². The van der Waals surface area contributed by atoms with Crippen LogP contribution in [0.4, 0.5) is 80.3 Å². The Kier molecular flexibility index (Phi) is 19.7. The van der Waals surface area contributed by atoms with E-state index < -0.39 is 166 Å². The first kappa shape index (κ1) is 60.3. The van der Waals surface area contributed by atoms with Crippen LogP contribution in [0.3, 0.4) is 0 Å². The quantitative estimate of drug-likeness (QED) is 0.0604. The molecule has 0 aromatic heterocycles. The van der Waals surface area contributed by atoms with E-state index in [1.54, 1.807) is 0 Å². The van der Waals surface area contributed by atoms with Crippen molar-refractivity contribution >= 4 is 101 Å². The third kappa shape index (κ3) is 10.5. The average Bonchev–Trinajstić information content (AvgIpc) is 3.17. The summed E-state index contributed by atoms with van der Waals surface area (Å²) in [6, 6.07) is -3.42. The topological polar surface area (TPSA) is 246 Å². The van der Waals surface area contributed by atoms with Crippen LogP contribution in [0.5, 0.6) is 0 Å². The highest BCUT2D eigenvalue weighted by atomic mass is 127. The number of hydrogen-bond donors (Lipinski definition) is 9. The first-order chi connectivity index (χ1) is 28.6. The summed E-state index contributed by atoms with van der Waals surface area (Å²) in [7, 11) is -7.96. The van der Waals surface area contributed by atoms with Crippen molar-refractivity contribution in [2.75, 3.05) is 44.4 Å². The summed E-state index contributed by atoms with van der Waals surface area (Å²) >= 11 is 3.79. The van der Waals surface area contributed by atoms with Gasteiger partial charge in [-0.25, -0.2) is 13.1 Å². The Morgan fingerprint density at radius 1 is 0.578 bits per heavy atom. The summed E-state index contributed by atoms with van der Waals surface area (Å²) in [4.78, 5) is 40.7. The molecule has 1 aromatic carbocycles. The van der Waals surface area contributed by atoms with E-state index in [0.717, 1.165) is 6.92 Å². The van der Waals surface area contributed by atoms with Gasteiger partial charge in [0.05, 0.1) is 81.2 Å². The fraction of sp³-hybridized carbons (Fsp3) is 0.679. The molecule has 4 unspecified atom stereocenters. The maximum absolute atomic E-state index is 14.8. The molecule has 64 heavy (non-hydrogen) atoms. The highest BCUT2D eigenvalue weighted by Crippen LogP contribution is 2.64. The smallest absolute Gasteiger partial charge is 0.394 e. The van der Waals surface area contributed by atoms with Gasteiger partial charge in [-0.2, -0.15) is 74.6 Å². The summed E-state index contributed by atoms with van der Waals surface area (Å²) in [6.07, 6.45) is -11.8. The largest absolute Gasteiger partial charge is 0.460 e. The number of aliphatic hydroxyl groups excluding tert-OH is 6. The first-order valence-electron chi connectivity index (χ1n) is 16.2. The molecule has 0 aliphatic heterocycles. The molecule has 0 saturated carbocycles. The number of hydrogen-bond acceptors (Lipinski definition) is 11. The Morgan fingerprint density at radius 2 is 0.906 bits per heavy atom.